The molecule has 18 heavy (non-hydrogen) atoms. The lowest BCUT2D eigenvalue weighted by atomic mass is 9.92. The molecule has 0 saturated heterocycles. The van der Waals surface area contributed by atoms with Crippen molar-refractivity contribution in [3.63, 3.8) is 0 Å². The molecule has 2 rings (SSSR count). The lowest BCUT2D eigenvalue weighted by molar-refractivity contribution is 0.0935. The number of benzene rings is 1. The average Bonchev–Trinajstić information content (AvgIpc) is 3.07. The summed E-state index contributed by atoms with van der Waals surface area (Å²) in [6.45, 7) is 4.87. The third-order valence-corrected chi connectivity index (χ3v) is 3.92. The van der Waals surface area contributed by atoms with Gasteiger partial charge in [-0.1, -0.05) is 13.8 Å². The zero-order valence-corrected chi connectivity index (χ0v) is 10.7. The molecular formula is C14H18FNO2. The molecule has 0 atom stereocenters. The Morgan fingerprint density at radius 3 is 2.67 bits per heavy atom. The fourth-order valence-electron chi connectivity index (χ4n) is 2.16. The van der Waals surface area contributed by atoms with Gasteiger partial charge in [-0.25, -0.2) is 4.39 Å². The minimum absolute atomic E-state index is 0.0210. The molecule has 4 heteroatoms. The van der Waals surface area contributed by atoms with Gasteiger partial charge in [0.05, 0.1) is 5.56 Å². The maximum absolute atomic E-state index is 13.5. The number of hydrogen-bond acceptors (Lipinski definition) is 2. The first-order valence-electron chi connectivity index (χ1n) is 6.21. The van der Waals surface area contributed by atoms with Crippen LogP contribution in [0.15, 0.2) is 18.2 Å². The van der Waals surface area contributed by atoms with Gasteiger partial charge in [0, 0.05) is 12.6 Å². The average molecular weight is 251 g/mol. The lowest BCUT2D eigenvalue weighted by Crippen LogP contribution is -2.33. The Morgan fingerprint density at radius 2 is 2.17 bits per heavy atom. The fourth-order valence-corrected chi connectivity index (χ4v) is 2.16. The quantitative estimate of drug-likeness (QED) is 0.864. The summed E-state index contributed by atoms with van der Waals surface area (Å²) in [5.41, 5.74) is 0.177. The van der Waals surface area contributed by atoms with Crippen LogP contribution >= 0.6 is 0 Å². The number of amides is 1. The first-order chi connectivity index (χ1) is 8.44. The number of carbonyl (C=O) groups excluding carboxylic acids is 1. The highest BCUT2D eigenvalue weighted by molar-refractivity contribution is 5.94. The second kappa shape index (κ2) is 4.59. The van der Waals surface area contributed by atoms with Gasteiger partial charge >= 0.3 is 0 Å². The molecule has 1 aliphatic rings. The van der Waals surface area contributed by atoms with E-state index < -0.39 is 11.7 Å². The summed E-state index contributed by atoms with van der Waals surface area (Å²) >= 11 is 0. The Kier molecular flexibility index (Phi) is 3.28. The Bertz CT molecular complexity index is 467. The molecule has 0 radical (unpaired) electrons. The van der Waals surface area contributed by atoms with Gasteiger partial charge in [-0.2, -0.15) is 0 Å². The van der Waals surface area contributed by atoms with Crippen molar-refractivity contribution in [2.75, 3.05) is 6.54 Å². The molecule has 0 spiro atoms. The number of phenolic OH excluding ortho intramolecular Hbond substituents is 1. The van der Waals surface area contributed by atoms with Gasteiger partial charge in [-0.3, -0.25) is 4.79 Å². The first-order valence-corrected chi connectivity index (χ1v) is 6.21. The van der Waals surface area contributed by atoms with Crippen LogP contribution in [0.25, 0.3) is 0 Å². The Labute approximate surface area is 106 Å². The van der Waals surface area contributed by atoms with Crippen LogP contribution in [-0.4, -0.2) is 17.6 Å². The summed E-state index contributed by atoms with van der Waals surface area (Å²) in [5, 5.41) is 11.9. The van der Waals surface area contributed by atoms with E-state index in [-0.39, 0.29) is 16.7 Å². The lowest BCUT2D eigenvalue weighted by Gasteiger charge is -2.20. The van der Waals surface area contributed by atoms with E-state index >= 15 is 0 Å². The SMILES string of the molecule is CC(C)C1(CNC(=O)c2ccc(O)cc2F)CC1. The predicted octanol–water partition coefficient (Wildman–Crippen LogP) is 2.70. The molecule has 1 fully saturated rings. The summed E-state index contributed by atoms with van der Waals surface area (Å²) in [6, 6.07) is 3.56. The van der Waals surface area contributed by atoms with Gasteiger partial charge in [-0.05, 0) is 36.3 Å². The predicted molar refractivity (Wildman–Crippen MR) is 66.9 cm³/mol. The number of aromatic hydroxyl groups is 1. The van der Waals surface area contributed by atoms with Crippen LogP contribution in [0.5, 0.6) is 5.75 Å². The van der Waals surface area contributed by atoms with Crippen molar-refractivity contribution in [1.29, 1.82) is 0 Å². The van der Waals surface area contributed by atoms with Gasteiger partial charge in [0.1, 0.15) is 11.6 Å². The van der Waals surface area contributed by atoms with E-state index in [4.69, 9.17) is 5.11 Å². The van der Waals surface area contributed by atoms with E-state index in [0.29, 0.717) is 12.5 Å². The van der Waals surface area contributed by atoms with Gasteiger partial charge in [0.25, 0.3) is 5.91 Å². The number of phenols is 1. The molecule has 98 valence electrons. The number of nitrogens with one attached hydrogen (secondary N) is 1. The molecule has 2 N–H and O–H groups in total. The van der Waals surface area contributed by atoms with Crippen molar-refractivity contribution in [2.45, 2.75) is 26.7 Å². The van der Waals surface area contributed by atoms with E-state index in [2.05, 4.69) is 19.2 Å². The zero-order chi connectivity index (χ0) is 13.3. The van der Waals surface area contributed by atoms with Crippen molar-refractivity contribution < 1.29 is 14.3 Å². The van der Waals surface area contributed by atoms with E-state index in [1.165, 1.54) is 12.1 Å². The largest absolute Gasteiger partial charge is 0.508 e. The Morgan fingerprint density at radius 1 is 1.50 bits per heavy atom. The topological polar surface area (TPSA) is 49.3 Å². The van der Waals surface area contributed by atoms with Crippen molar-refractivity contribution in [1.82, 2.24) is 5.32 Å². The monoisotopic (exact) mass is 251 g/mol. The van der Waals surface area contributed by atoms with Gasteiger partial charge in [0.15, 0.2) is 0 Å². The van der Waals surface area contributed by atoms with Gasteiger partial charge < -0.3 is 10.4 Å². The molecule has 1 aliphatic carbocycles. The van der Waals surface area contributed by atoms with Crippen molar-refractivity contribution >= 4 is 5.91 Å². The first kappa shape index (κ1) is 12.9. The molecule has 0 bridgehead atoms. The summed E-state index contributed by atoms with van der Waals surface area (Å²) in [4.78, 5) is 11.8. The molecule has 1 aromatic carbocycles. The highest BCUT2D eigenvalue weighted by atomic mass is 19.1. The van der Waals surface area contributed by atoms with Crippen LogP contribution in [0.4, 0.5) is 4.39 Å². The van der Waals surface area contributed by atoms with Crippen molar-refractivity contribution in [2.24, 2.45) is 11.3 Å². The molecule has 1 amide bonds. The Hall–Kier alpha value is -1.58. The van der Waals surface area contributed by atoms with E-state index in [9.17, 15) is 9.18 Å². The smallest absolute Gasteiger partial charge is 0.254 e. The number of halogens is 1. The summed E-state index contributed by atoms with van der Waals surface area (Å²) in [6.07, 6.45) is 2.23. The van der Waals surface area contributed by atoms with Gasteiger partial charge in [-0.15, -0.1) is 0 Å². The standard InChI is InChI=1S/C14H18FNO2/c1-9(2)14(5-6-14)8-16-13(18)11-4-3-10(17)7-12(11)15/h3-4,7,9,17H,5-6,8H2,1-2H3,(H,16,18). The second-order valence-electron chi connectivity index (χ2n) is 5.36. The van der Waals surface area contributed by atoms with Crippen molar-refractivity contribution in [3.05, 3.63) is 29.6 Å². The highest BCUT2D eigenvalue weighted by Gasteiger charge is 2.45. The zero-order valence-electron chi connectivity index (χ0n) is 10.7. The highest BCUT2D eigenvalue weighted by Crippen LogP contribution is 2.51. The second-order valence-corrected chi connectivity index (χ2v) is 5.36. The summed E-state index contributed by atoms with van der Waals surface area (Å²) < 4.78 is 13.5. The fraction of sp³-hybridized carbons (Fsp3) is 0.500. The third-order valence-electron chi connectivity index (χ3n) is 3.92. The molecule has 0 heterocycles. The maximum Gasteiger partial charge on any atom is 0.254 e. The van der Waals surface area contributed by atoms with E-state index in [0.717, 1.165) is 18.9 Å². The molecule has 0 aliphatic heterocycles. The molecule has 3 nitrogen and oxygen atoms in total. The normalized spacial score (nSPS) is 16.7. The minimum atomic E-state index is -0.693. The third kappa shape index (κ3) is 2.47. The molecule has 1 saturated carbocycles. The van der Waals surface area contributed by atoms with Crippen molar-refractivity contribution in [3.8, 4) is 5.75 Å². The Balaban J connectivity index is 2.00. The van der Waals surface area contributed by atoms with Crippen LogP contribution in [0.2, 0.25) is 0 Å². The van der Waals surface area contributed by atoms with Crippen LogP contribution in [0, 0.1) is 17.2 Å². The summed E-state index contributed by atoms with van der Waals surface area (Å²) in [7, 11) is 0. The molecule has 0 unspecified atom stereocenters. The molecule has 1 aromatic rings. The van der Waals surface area contributed by atoms with E-state index in [1.807, 2.05) is 0 Å². The van der Waals surface area contributed by atoms with Crippen LogP contribution in [0.1, 0.15) is 37.0 Å². The van der Waals surface area contributed by atoms with Crippen LogP contribution in [0.3, 0.4) is 0 Å². The molecule has 0 aromatic heterocycles. The van der Waals surface area contributed by atoms with Gasteiger partial charge in [0.2, 0.25) is 0 Å². The number of rotatable bonds is 4. The number of carbonyl (C=O) groups is 1. The van der Waals surface area contributed by atoms with Crippen LogP contribution < -0.4 is 5.32 Å². The van der Waals surface area contributed by atoms with E-state index in [1.54, 1.807) is 0 Å². The minimum Gasteiger partial charge on any atom is -0.508 e. The number of hydrogen-bond donors (Lipinski definition) is 2. The van der Waals surface area contributed by atoms with Crippen LogP contribution in [-0.2, 0) is 0 Å². The molecular weight excluding hydrogens is 233 g/mol. The summed E-state index contributed by atoms with van der Waals surface area (Å²) in [5.74, 6) is -0.770. The maximum atomic E-state index is 13.5.